The van der Waals surface area contributed by atoms with Crippen LogP contribution < -0.4 is 0 Å². The Balaban J connectivity index is 2.16. The van der Waals surface area contributed by atoms with E-state index in [-0.39, 0.29) is 0 Å². The average molecular weight is 204 g/mol. The van der Waals surface area contributed by atoms with Gasteiger partial charge in [0.05, 0.1) is 0 Å². The Morgan fingerprint density at radius 1 is 1.75 bits per heavy atom. The molecule has 1 aromatic rings. The quantitative estimate of drug-likeness (QED) is 0.700. The van der Waals surface area contributed by atoms with Crippen LogP contribution in [0.4, 0.5) is 0 Å². The number of aromatic nitrogens is 3. The third-order valence-corrected chi connectivity index (χ3v) is 3.71. The Kier molecular flexibility index (Phi) is 2.28. The molecule has 66 valence electrons. The van der Waals surface area contributed by atoms with Gasteiger partial charge in [-0.15, -0.1) is 10.2 Å². The maximum Gasteiger partial charge on any atom is 0.225 e. The number of hydrogen-bond acceptors (Lipinski definition) is 3. The van der Waals surface area contributed by atoms with Crippen LogP contribution in [0, 0.1) is 0 Å². The number of thioether (sulfide) groups is 1. The molecular weight excluding hydrogens is 194 g/mol. The van der Waals surface area contributed by atoms with Gasteiger partial charge in [0.25, 0.3) is 0 Å². The van der Waals surface area contributed by atoms with Crippen molar-refractivity contribution in [1.82, 2.24) is 14.8 Å². The second kappa shape index (κ2) is 3.26. The summed E-state index contributed by atoms with van der Waals surface area (Å²) in [5.74, 6) is 1.12. The van der Waals surface area contributed by atoms with Crippen LogP contribution in [0.1, 0.15) is 19.4 Å². The van der Waals surface area contributed by atoms with Gasteiger partial charge in [0.2, 0.25) is 5.28 Å². The molecule has 2 rings (SSSR count). The van der Waals surface area contributed by atoms with Crippen molar-refractivity contribution in [3.63, 3.8) is 0 Å². The van der Waals surface area contributed by atoms with Crippen LogP contribution in [0.15, 0.2) is 6.33 Å². The third-order valence-electron chi connectivity index (χ3n) is 2.10. The highest BCUT2D eigenvalue weighted by atomic mass is 35.5. The zero-order valence-electron chi connectivity index (χ0n) is 6.77. The van der Waals surface area contributed by atoms with E-state index >= 15 is 0 Å². The summed E-state index contributed by atoms with van der Waals surface area (Å²) < 4.78 is 1.96. The number of hydrogen-bond donors (Lipinski definition) is 0. The molecule has 12 heavy (non-hydrogen) atoms. The Labute approximate surface area is 80.5 Å². The molecule has 2 atom stereocenters. The fourth-order valence-electron chi connectivity index (χ4n) is 1.46. The van der Waals surface area contributed by atoms with Crippen LogP contribution in [0.3, 0.4) is 0 Å². The molecule has 0 radical (unpaired) electrons. The van der Waals surface area contributed by atoms with Crippen molar-refractivity contribution in [2.24, 2.45) is 0 Å². The van der Waals surface area contributed by atoms with Crippen molar-refractivity contribution in [3.05, 3.63) is 11.6 Å². The first-order valence-corrected chi connectivity index (χ1v) is 5.36. The highest BCUT2D eigenvalue weighted by molar-refractivity contribution is 8.00. The topological polar surface area (TPSA) is 30.7 Å². The lowest BCUT2D eigenvalue weighted by atomic mass is 10.2. The first kappa shape index (κ1) is 8.38. The van der Waals surface area contributed by atoms with Crippen molar-refractivity contribution in [3.8, 4) is 0 Å². The average Bonchev–Trinajstić information content (AvgIpc) is 2.58. The molecule has 0 aromatic carbocycles. The summed E-state index contributed by atoms with van der Waals surface area (Å²) in [5.41, 5.74) is 0. The fourth-order valence-corrected chi connectivity index (χ4v) is 2.89. The molecule has 0 N–H and O–H groups in total. The lowest BCUT2D eigenvalue weighted by Crippen LogP contribution is -2.07. The normalized spacial score (nSPS) is 29.5. The summed E-state index contributed by atoms with van der Waals surface area (Å²) in [6.07, 6.45) is 2.88. The van der Waals surface area contributed by atoms with Crippen LogP contribution in [0.5, 0.6) is 0 Å². The summed E-state index contributed by atoms with van der Waals surface area (Å²) >= 11 is 7.82. The highest BCUT2D eigenvalue weighted by Crippen LogP contribution is 2.35. The minimum absolute atomic E-state index is 0.493. The molecule has 0 amide bonds. The molecule has 2 unspecified atom stereocenters. The van der Waals surface area contributed by atoms with Crippen molar-refractivity contribution in [1.29, 1.82) is 0 Å². The lowest BCUT2D eigenvalue weighted by Gasteiger charge is -2.09. The first-order valence-electron chi connectivity index (χ1n) is 3.94. The molecule has 2 heterocycles. The van der Waals surface area contributed by atoms with E-state index in [0.29, 0.717) is 11.3 Å². The number of halogens is 1. The lowest BCUT2D eigenvalue weighted by molar-refractivity contribution is 0.535. The van der Waals surface area contributed by atoms with Crippen molar-refractivity contribution in [2.45, 2.75) is 24.6 Å². The standard InChI is InChI=1S/C7H10ClN3S/c1-5-2-6(3-12-5)11-4-9-10-7(11)8/h4-6H,2-3H2,1H3. The van der Waals surface area contributed by atoms with Gasteiger partial charge in [-0.2, -0.15) is 11.8 Å². The van der Waals surface area contributed by atoms with Crippen molar-refractivity contribution >= 4 is 23.4 Å². The smallest absolute Gasteiger partial charge is 0.225 e. The Hall–Kier alpha value is -0.220. The summed E-state index contributed by atoms with van der Waals surface area (Å²) in [4.78, 5) is 0. The summed E-state index contributed by atoms with van der Waals surface area (Å²) in [6.45, 7) is 2.24. The first-order chi connectivity index (χ1) is 5.77. The van der Waals surface area contributed by atoms with Gasteiger partial charge in [0.1, 0.15) is 6.33 Å². The van der Waals surface area contributed by atoms with Gasteiger partial charge < -0.3 is 4.57 Å². The van der Waals surface area contributed by atoms with E-state index < -0.39 is 0 Å². The zero-order valence-corrected chi connectivity index (χ0v) is 8.35. The predicted molar refractivity (Wildman–Crippen MR) is 50.6 cm³/mol. The molecular formula is C7H10ClN3S. The molecule has 1 saturated heterocycles. The van der Waals surface area contributed by atoms with Crippen LogP contribution in [-0.4, -0.2) is 25.8 Å². The number of rotatable bonds is 1. The predicted octanol–water partition coefficient (Wildman–Crippen LogP) is 2.00. The minimum Gasteiger partial charge on any atom is -0.300 e. The van der Waals surface area contributed by atoms with Gasteiger partial charge in [-0.05, 0) is 18.0 Å². The van der Waals surface area contributed by atoms with Crippen molar-refractivity contribution < 1.29 is 0 Å². The molecule has 5 heteroatoms. The van der Waals surface area contributed by atoms with Crippen LogP contribution in [0.25, 0.3) is 0 Å². The van der Waals surface area contributed by atoms with E-state index in [2.05, 4.69) is 17.1 Å². The largest absolute Gasteiger partial charge is 0.300 e. The molecule has 0 aliphatic carbocycles. The molecule has 1 aromatic heterocycles. The summed E-state index contributed by atoms with van der Waals surface area (Å²) in [6, 6.07) is 0.493. The molecule has 0 saturated carbocycles. The van der Waals surface area contributed by atoms with Gasteiger partial charge in [0.15, 0.2) is 0 Å². The minimum atomic E-state index is 0.493. The fraction of sp³-hybridized carbons (Fsp3) is 0.714. The van der Waals surface area contributed by atoms with E-state index in [0.717, 1.165) is 11.0 Å². The zero-order chi connectivity index (χ0) is 8.55. The van der Waals surface area contributed by atoms with Gasteiger partial charge in [-0.25, -0.2) is 0 Å². The molecule has 1 fully saturated rings. The molecule has 1 aliphatic heterocycles. The van der Waals surface area contributed by atoms with E-state index in [1.807, 2.05) is 16.3 Å². The second-order valence-electron chi connectivity index (χ2n) is 3.04. The highest BCUT2D eigenvalue weighted by Gasteiger charge is 2.24. The Bertz CT molecular complexity index is 275. The maximum absolute atomic E-state index is 5.85. The second-order valence-corrected chi connectivity index (χ2v) is 4.85. The van der Waals surface area contributed by atoms with Gasteiger partial charge >= 0.3 is 0 Å². The molecule has 0 spiro atoms. The monoisotopic (exact) mass is 203 g/mol. The SMILES string of the molecule is CC1CC(n2cnnc2Cl)CS1. The Morgan fingerprint density at radius 3 is 3.08 bits per heavy atom. The maximum atomic E-state index is 5.85. The van der Waals surface area contributed by atoms with E-state index in [4.69, 9.17) is 11.6 Å². The summed E-state index contributed by atoms with van der Waals surface area (Å²) in [7, 11) is 0. The molecule has 1 aliphatic rings. The van der Waals surface area contributed by atoms with Crippen molar-refractivity contribution in [2.75, 3.05) is 5.75 Å². The van der Waals surface area contributed by atoms with Gasteiger partial charge in [-0.3, -0.25) is 0 Å². The Morgan fingerprint density at radius 2 is 2.58 bits per heavy atom. The van der Waals surface area contributed by atoms with Crippen LogP contribution in [0.2, 0.25) is 5.28 Å². The van der Waals surface area contributed by atoms with Gasteiger partial charge in [-0.1, -0.05) is 6.92 Å². The van der Waals surface area contributed by atoms with Gasteiger partial charge in [0, 0.05) is 17.0 Å². The van der Waals surface area contributed by atoms with E-state index in [1.165, 1.54) is 6.42 Å². The van der Waals surface area contributed by atoms with E-state index in [9.17, 15) is 0 Å². The van der Waals surface area contributed by atoms with Crippen LogP contribution >= 0.6 is 23.4 Å². The number of nitrogens with zero attached hydrogens (tertiary/aromatic N) is 3. The van der Waals surface area contributed by atoms with E-state index in [1.54, 1.807) is 6.33 Å². The molecule has 0 bridgehead atoms. The third kappa shape index (κ3) is 1.45. The summed E-state index contributed by atoms with van der Waals surface area (Å²) in [5, 5.41) is 8.76. The molecule has 3 nitrogen and oxygen atoms in total. The van der Waals surface area contributed by atoms with Crippen LogP contribution in [-0.2, 0) is 0 Å².